The number of benzene rings is 1. The second-order valence-corrected chi connectivity index (χ2v) is 3.60. The van der Waals surface area contributed by atoms with Crippen LogP contribution >= 0.6 is 11.6 Å². The second-order valence-electron chi connectivity index (χ2n) is 2.28. The third-order valence-electron chi connectivity index (χ3n) is 1.42. The first kappa shape index (κ1) is 19.4. The van der Waals surface area contributed by atoms with Crippen LogP contribution < -0.4 is 64.2 Å². The second kappa shape index (κ2) is 8.18. The Balaban J connectivity index is 0. The average molecular weight is 283 g/mol. The van der Waals surface area contributed by atoms with Gasteiger partial charge >= 0.3 is 59.1 Å². The van der Waals surface area contributed by atoms with Crippen molar-refractivity contribution in [3.8, 4) is 0 Å². The molecule has 0 aromatic heterocycles. The van der Waals surface area contributed by atoms with Gasteiger partial charge in [-0.05, 0) is 23.2 Å². The van der Waals surface area contributed by atoms with Crippen molar-refractivity contribution in [2.75, 3.05) is 0 Å². The standard InChI is InChI=1S/C7H4ClFO4S.2Na/c8-4-2-5(9)3(7(10)11)1-6(4)14(12)13;;/h1-2H,(H,10,11)(H,12,13);;/q;2*+1/p-2. The van der Waals surface area contributed by atoms with Crippen LogP contribution in [0.3, 0.4) is 0 Å². The van der Waals surface area contributed by atoms with E-state index in [9.17, 15) is 23.1 Å². The molecule has 0 radical (unpaired) electrons. The Bertz CT molecular complexity index is 394. The molecule has 16 heavy (non-hydrogen) atoms. The molecule has 0 bridgehead atoms. The molecule has 1 atom stereocenters. The fraction of sp³-hybridized carbons (Fsp3) is 0. The maximum Gasteiger partial charge on any atom is 1.00 e. The van der Waals surface area contributed by atoms with Crippen molar-refractivity contribution >= 4 is 28.7 Å². The fourth-order valence-electron chi connectivity index (χ4n) is 0.813. The molecule has 0 saturated heterocycles. The van der Waals surface area contributed by atoms with Gasteiger partial charge in [-0.15, -0.1) is 0 Å². The third-order valence-corrected chi connectivity index (χ3v) is 2.54. The van der Waals surface area contributed by atoms with Gasteiger partial charge in [0.2, 0.25) is 0 Å². The fourth-order valence-corrected chi connectivity index (χ4v) is 1.58. The molecule has 1 rings (SSSR count). The molecule has 0 fully saturated rings. The minimum Gasteiger partial charge on any atom is -0.768 e. The molecule has 76 valence electrons. The molecule has 0 amide bonds. The van der Waals surface area contributed by atoms with Gasteiger partial charge in [-0.25, -0.2) is 4.39 Å². The number of hydrogen-bond acceptors (Lipinski definition) is 4. The zero-order valence-electron chi connectivity index (χ0n) is 8.45. The van der Waals surface area contributed by atoms with Gasteiger partial charge in [0.1, 0.15) is 5.82 Å². The van der Waals surface area contributed by atoms with Gasteiger partial charge in [-0.1, -0.05) is 11.6 Å². The summed E-state index contributed by atoms with van der Waals surface area (Å²) in [7, 11) is 0. The molecule has 4 nitrogen and oxygen atoms in total. The van der Waals surface area contributed by atoms with Crippen LogP contribution in [0.1, 0.15) is 10.4 Å². The van der Waals surface area contributed by atoms with Crippen LogP contribution in [0.5, 0.6) is 0 Å². The van der Waals surface area contributed by atoms with E-state index >= 15 is 0 Å². The predicted molar refractivity (Wildman–Crippen MR) is 42.9 cm³/mol. The van der Waals surface area contributed by atoms with Gasteiger partial charge in [0.25, 0.3) is 0 Å². The van der Waals surface area contributed by atoms with E-state index in [1.54, 1.807) is 0 Å². The number of halogens is 2. The normalized spacial score (nSPS) is 10.9. The van der Waals surface area contributed by atoms with Crippen molar-refractivity contribution in [2.24, 2.45) is 0 Å². The van der Waals surface area contributed by atoms with E-state index in [0.717, 1.165) is 0 Å². The average Bonchev–Trinajstić information content (AvgIpc) is 2.02. The molecule has 1 aromatic rings. The third kappa shape index (κ3) is 4.72. The number of rotatable bonds is 2. The van der Waals surface area contributed by atoms with Crippen molar-refractivity contribution in [2.45, 2.75) is 4.90 Å². The van der Waals surface area contributed by atoms with Gasteiger partial charge in [0.05, 0.1) is 11.0 Å². The van der Waals surface area contributed by atoms with Gasteiger partial charge in [0.15, 0.2) is 0 Å². The quantitative estimate of drug-likeness (QED) is 0.400. The van der Waals surface area contributed by atoms with E-state index in [-0.39, 0.29) is 64.1 Å². The van der Waals surface area contributed by atoms with Crippen LogP contribution in [0.15, 0.2) is 17.0 Å². The van der Waals surface area contributed by atoms with Crippen molar-refractivity contribution < 1.29 is 82.2 Å². The molecular formula is C7H2ClFNa2O4S. The topological polar surface area (TPSA) is 80.3 Å². The van der Waals surface area contributed by atoms with Gasteiger partial charge < -0.3 is 14.5 Å². The van der Waals surface area contributed by atoms with E-state index < -0.39 is 33.3 Å². The molecule has 1 unspecified atom stereocenters. The number of carboxylic acid groups (broad SMARTS) is 1. The number of carbonyl (C=O) groups excluding carboxylic acids is 1. The van der Waals surface area contributed by atoms with Gasteiger partial charge in [-0.3, -0.25) is 4.21 Å². The minimum atomic E-state index is -2.72. The first-order valence-electron chi connectivity index (χ1n) is 3.23. The Morgan fingerprint density at radius 2 is 1.88 bits per heavy atom. The summed E-state index contributed by atoms with van der Waals surface area (Å²) in [6.07, 6.45) is 0. The number of aromatic carboxylic acids is 1. The molecule has 0 aliphatic carbocycles. The number of carbonyl (C=O) groups is 1. The maximum atomic E-state index is 12.8. The maximum absolute atomic E-state index is 12.8. The molecule has 0 saturated carbocycles. The van der Waals surface area contributed by atoms with Crippen LogP contribution in [-0.4, -0.2) is 14.7 Å². The Hall–Kier alpha value is 1.02. The summed E-state index contributed by atoms with van der Waals surface area (Å²) in [5, 5.41) is 9.94. The Kier molecular flexibility index (Phi) is 9.90. The SMILES string of the molecule is O=C([O-])c1cc(S(=O)[O-])c(Cl)cc1F.[Na+].[Na+]. The largest absolute Gasteiger partial charge is 1.00 e. The summed E-state index contributed by atoms with van der Waals surface area (Å²) in [4.78, 5) is 9.83. The van der Waals surface area contributed by atoms with E-state index in [0.29, 0.717) is 12.1 Å². The smallest absolute Gasteiger partial charge is 0.768 e. The number of carboxylic acids is 1. The van der Waals surface area contributed by atoms with Crippen LogP contribution in [0.4, 0.5) is 4.39 Å². The van der Waals surface area contributed by atoms with Crippen LogP contribution in [0.25, 0.3) is 0 Å². The van der Waals surface area contributed by atoms with Crippen LogP contribution in [-0.2, 0) is 11.1 Å². The molecule has 0 aliphatic heterocycles. The van der Waals surface area contributed by atoms with Crippen LogP contribution in [0, 0.1) is 5.82 Å². The summed E-state index contributed by atoms with van der Waals surface area (Å²) in [5.41, 5.74) is -0.839. The van der Waals surface area contributed by atoms with Gasteiger partial charge in [0, 0.05) is 10.5 Å². The van der Waals surface area contributed by atoms with Crippen LogP contribution in [0.2, 0.25) is 5.02 Å². The minimum absolute atomic E-state index is 0. The Morgan fingerprint density at radius 3 is 2.25 bits per heavy atom. The summed E-state index contributed by atoms with van der Waals surface area (Å²) >= 11 is 2.64. The molecule has 0 N–H and O–H groups in total. The molecule has 0 spiro atoms. The summed E-state index contributed by atoms with van der Waals surface area (Å²) in [6.45, 7) is 0. The molecule has 1 aromatic carbocycles. The predicted octanol–water partition coefficient (Wildman–Crippen LogP) is -5.91. The molecular weight excluding hydrogens is 281 g/mol. The first-order valence-corrected chi connectivity index (χ1v) is 4.68. The van der Waals surface area contributed by atoms with E-state index in [2.05, 4.69) is 0 Å². The van der Waals surface area contributed by atoms with Crippen molar-refractivity contribution in [1.29, 1.82) is 0 Å². The van der Waals surface area contributed by atoms with Crippen molar-refractivity contribution in [3.63, 3.8) is 0 Å². The van der Waals surface area contributed by atoms with Crippen molar-refractivity contribution in [3.05, 3.63) is 28.5 Å². The molecule has 0 aliphatic rings. The zero-order chi connectivity index (χ0) is 10.9. The summed E-state index contributed by atoms with van der Waals surface area (Å²) in [6, 6.07) is 1.22. The molecule has 9 heteroatoms. The van der Waals surface area contributed by atoms with E-state index in [1.165, 1.54) is 0 Å². The Labute approximate surface area is 142 Å². The Morgan fingerprint density at radius 1 is 1.38 bits per heavy atom. The molecule has 0 heterocycles. The monoisotopic (exact) mass is 282 g/mol. The number of hydrogen-bond donors (Lipinski definition) is 0. The zero-order valence-corrected chi connectivity index (χ0v) is 14.0. The van der Waals surface area contributed by atoms with Crippen molar-refractivity contribution in [1.82, 2.24) is 0 Å². The van der Waals surface area contributed by atoms with E-state index in [1.807, 2.05) is 0 Å². The summed E-state index contributed by atoms with van der Waals surface area (Å²) < 4.78 is 33.8. The van der Waals surface area contributed by atoms with Gasteiger partial charge in [-0.2, -0.15) is 0 Å². The summed E-state index contributed by atoms with van der Waals surface area (Å²) in [5.74, 6) is -2.94. The first-order chi connectivity index (χ1) is 6.43. The van der Waals surface area contributed by atoms with E-state index in [4.69, 9.17) is 11.6 Å².